The van der Waals surface area contributed by atoms with Crippen LogP contribution in [0.15, 0.2) is 53.4 Å². The molecular weight excluding hydrogens is 352 g/mol. The van der Waals surface area contributed by atoms with Gasteiger partial charge in [0, 0.05) is 16.7 Å². The first-order valence-electron chi connectivity index (χ1n) is 9.71. The number of carbonyl (C=O) groups is 1. The number of carbonyl (C=O) groups excluding carboxylic acids is 1. The van der Waals surface area contributed by atoms with Crippen molar-refractivity contribution in [1.29, 1.82) is 5.26 Å². The van der Waals surface area contributed by atoms with Crippen LogP contribution in [0.1, 0.15) is 60.5 Å². The second-order valence-corrected chi connectivity index (χ2v) is 8.21. The summed E-state index contributed by atoms with van der Waals surface area (Å²) >= 11 is 1.66. The molecule has 0 atom stereocenters. The summed E-state index contributed by atoms with van der Waals surface area (Å²) in [5.74, 6) is 1.64. The van der Waals surface area contributed by atoms with Gasteiger partial charge < -0.3 is 5.32 Å². The Balaban J connectivity index is 1.61. The van der Waals surface area contributed by atoms with Gasteiger partial charge >= 0.3 is 0 Å². The number of nitrogens with one attached hydrogen (secondary N) is 1. The summed E-state index contributed by atoms with van der Waals surface area (Å²) < 4.78 is 0. The fourth-order valence-electron chi connectivity index (χ4n) is 3.59. The molecule has 1 aliphatic rings. The first kappa shape index (κ1) is 19.5. The van der Waals surface area contributed by atoms with Crippen LogP contribution in [0.2, 0.25) is 0 Å². The normalized spacial score (nSPS) is 19.3. The summed E-state index contributed by atoms with van der Waals surface area (Å²) in [6.45, 7) is 2.25. The summed E-state index contributed by atoms with van der Waals surface area (Å²) in [6.07, 6.45) is 5.86. The summed E-state index contributed by atoms with van der Waals surface area (Å²) in [7, 11) is 0. The molecular formula is C23H26N2OS. The lowest BCUT2D eigenvalue weighted by Crippen LogP contribution is -2.37. The van der Waals surface area contributed by atoms with Gasteiger partial charge in [-0.2, -0.15) is 5.26 Å². The number of benzene rings is 2. The number of hydrogen-bond acceptors (Lipinski definition) is 3. The Morgan fingerprint density at radius 1 is 1.11 bits per heavy atom. The van der Waals surface area contributed by atoms with E-state index in [2.05, 4.69) is 18.3 Å². The second kappa shape index (κ2) is 9.62. The molecule has 1 saturated carbocycles. The van der Waals surface area contributed by atoms with Crippen LogP contribution >= 0.6 is 11.8 Å². The summed E-state index contributed by atoms with van der Waals surface area (Å²) in [5, 5.41) is 12.1. The maximum absolute atomic E-state index is 12.8. The van der Waals surface area contributed by atoms with Crippen LogP contribution in [0.4, 0.5) is 0 Å². The highest BCUT2D eigenvalue weighted by Gasteiger charge is 2.22. The van der Waals surface area contributed by atoms with Crippen LogP contribution < -0.4 is 5.32 Å². The van der Waals surface area contributed by atoms with Crippen molar-refractivity contribution < 1.29 is 4.79 Å². The lowest BCUT2D eigenvalue weighted by Gasteiger charge is -2.28. The predicted molar refractivity (Wildman–Crippen MR) is 111 cm³/mol. The van der Waals surface area contributed by atoms with Crippen molar-refractivity contribution in [2.45, 2.75) is 55.7 Å². The molecule has 1 amide bonds. The van der Waals surface area contributed by atoms with Gasteiger partial charge in [0.15, 0.2) is 0 Å². The van der Waals surface area contributed by atoms with Crippen molar-refractivity contribution in [2.75, 3.05) is 0 Å². The Hall–Kier alpha value is -2.25. The van der Waals surface area contributed by atoms with Gasteiger partial charge in [-0.25, -0.2) is 0 Å². The number of nitrogens with zero attached hydrogens (tertiary/aromatic N) is 1. The van der Waals surface area contributed by atoms with E-state index in [1.807, 2.05) is 48.5 Å². The fourth-order valence-corrected chi connectivity index (χ4v) is 4.60. The van der Waals surface area contributed by atoms with Gasteiger partial charge in [-0.15, -0.1) is 11.8 Å². The number of nitriles is 1. The van der Waals surface area contributed by atoms with E-state index in [0.29, 0.717) is 11.6 Å². The molecule has 2 aromatic rings. The smallest absolute Gasteiger partial charge is 0.252 e. The monoisotopic (exact) mass is 378 g/mol. The fraction of sp³-hybridized carbons (Fsp3) is 0.391. The molecule has 4 heteroatoms. The summed E-state index contributed by atoms with van der Waals surface area (Å²) in [5.41, 5.74) is 2.57. The van der Waals surface area contributed by atoms with Gasteiger partial charge in [-0.05, 0) is 61.4 Å². The maximum atomic E-state index is 12.8. The first-order valence-corrected chi connectivity index (χ1v) is 10.7. The van der Waals surface area contributed by atoms with E-state index >= 15 is 0 Å². The Kier molecular flexibility index (Phi) is 6.95. The minimum absolute atomic E-state index is 0.0397. The van der Waals surface area contributed by atoms with Crippen molar-refractivity contribution in [2.24, 2.45) is 5.92 Å². The number of thioether (sulfide) groups is 1. The highest BCUT2D eigenvalue weighted by Crippen LogP contribution is 2.29. The van der Waals surface area contributed by atoms with Crippen molar-refractivity contribution in [3.63, 3.8) is 0 Å². The zero-order valence-electron chi connectivity index (χ0n) is 15.8. The van der Waals surface area contributed by atoms with Crippen LogP contribution in [0, 0.1) is 17.2 Å². The Morgan fingerprint density at radius 3 is 2.48 bits per heavy atom. The van der Waals surface area contributed by atoms with Crippen LogP contribution in [0.25, 0.3) is 0 Å². The molecule has 1 N–H and O–H groups in total. The van der Waals surface area contributed by atoms with Crippen LogP contribution in [-0.2, 0) is 5.75 Å². The van der Waals surface area contributed by atoms with E-state index in [0.717, 1.165) is 40.5 Å². The van der Waals surface area contributed by atoms with E-state index in [1.54, 1.807) is 11.8 Å². The standard InChI is InChI=1S/C23H26N2OS/c1-2-17-11-13-20(14-12-17)25-23(26)21-5-3-4-6-22(21)27-16-19-9-7-18(15-24)8-10-19/h3-10,17,20H,2,11-14,16H2,1H3,(H,25,26). The van der Waals surface area contributed by atoms with E-state index in [1.165, 1.54) is 19.3 Å². The highest BCUT2D eigenvalue weighted by atomic mass is 32.2. The van der Waals surface area contributed by atoms with Gasteiger partial charge in [0.25, 0.3) is 5.91 Å². The van der Waals surface area contributed by atoms with Gasteiger partial charge in [-0.1, -0.05) is 37.6 Å². The molecule has 27 heavy (non-hydrogen) atoms. The van der Waals surface area contributed by atoms with Crippen molar-refractivity contribution in [1.82, 2.24) is 5.32 Å². The Morgan fingerprint density at radius 2 is 1.81 bits per heavy atom. The van der Waals surface area contributed by atoms with Crippen LogP contribution in [-0.4, -0.2) is 11.9 Å². The van der Waals surface area contributed by atoms with E-state index < -0.39 is 0 Å². The summed E-state index contributed by atoms with van der Waals surface area (Å²) in [6, 6.07) is 17.9. The Bertz CT molecular complexity index is 802. The van der Waals surface area contributed by atoms with Crippen molar-refractivity contribution >= 4 is 17.7 Å². The third-order valence-electron chi connectivity index (χ3n) is 5.37. The van der Waals surface area contributed by atoms with Gasteiger partial charge in [0.05, 0.1) is 17.2 Å². The van der Waals surface area contributed by atoms with E-state index in [-0.39, 0.29) is 5.91 Å². The molecule has 1 aliphatic carbocycles. The minimum Gasteiger partial charge on any atom is -0.349 e. The van der Waals surface area contributed by atoms with Gasteiger partial charge in [-0.3, -0.25) is 4.79 Å². The number of amides is 1. The molecule has 0 aliphatic heterocycles. The Labute approximate surface area is 166 Å². The average Bonchev–Trinajstić information content (AvgIpc) is 2.73. The molecule has 0 spiro atoms. The highest BCUT2D eigenvalue weighted by molar-refractivity contribution is 7.98. The zero-order valence-corrected chi connectivity index (χ0v) is 16.6. The third-order valence-corrected chi connectivity index (χ3v) is 6.51. The third kappa shape index (κ3) is 5.37. The SMILES string of the molecule is CCC1CCC(NC(=O)c2ccccc2SCc2ccc(C#N)cc2)CC1. The molecule has 3 nitrogen and oxygen atoms in total. The molecule has 0 saturated heterocycles. The zero-order chi connectivity index (χ0) is 19.1. The first-order chi connectivity index (χ1) is 13.2. The quantitative estimate of drug-likeness (QED) is 0.671. The topological polar surface area (TPSA) is 52.9 Å². The van der Waals surface area contributed by atoms with Gasteiger partial charge in [0.2, 0.25) is 0 Å². The van der Waals surface area contributed by atoms with Crippen molar-refractivity contribution in [3.8, 4) is 6.07 Å². The van der Waals surface area contributed by atoms with Crippen LogP contribution in [0.3, 0.4) is 0 Å². The van der Waals surface area contributed by atoms with E-state index in [9.17, 15) is 4.79 Å². The molecule has 1 fully saturated rings. The predicted octanol–water partition coefficient (Wildman–Crippen LogP) is 5.55. The minimum atomic E-state index is 0.0397. The molecule has 0 aromatic heterocycles. The molecule has 0 heterocycles. The number of rotatable bonds is 6. The molecule has 0 unspecified atom stereocenters. The largest absolute Gasteiger partial charge is 0.349 e. The number of hydrogen-bond donors (Lipinski definition) is 1. The molecule has 3 rings (SSSR count). The van der Waals surface area contributed by atoms with E-state index in [4.69, 9.17) is 5.26 Å². The van der Waals surface area contributed by atoms with Gasteiger partial charge in [0.1, 0.15) is 0 Å². The molecule has 2 aromatic carbocycles. The molecule has 140 valence electrons. The molecule has 0 radical (unpaired) electrons. The molecule has 0 bridgehead atoms. The average molecular weight is 379 g/mol. The summed E-state index contributed by atoms with van der Waals surface area (Å²) in [4.78, 5) is 13.8. The van der Waals surface area contributed by atoms with Crippen LogP contribution in [0.5, 0.6) is 0 Å². The van der Waals surface area contributed by atoms with Crippen molar-refractivity contribution in [3.05, 3.63) is 65.2 Å². The lowest BCUT2D eigenvalue weighted by molar-refractivity contribution is 0.0918. The lowest BCUT2D eigenvalue weighted by atomic mass is 9.84. The second-order valence-electron chi connectivity index (χ2n) is 7.19. The maximum Gasteiger partial charge on any atom is 0.252 e.